The lowest BCUT2D eigenvalue weighted by atomic mass is 9.98. The van der Waals surface area contributed by atoms with Crippen LogP contribution in [-0.2, 0) is 17.4 Å². The molecule has 1 heterocycles. The van der Waals surface area contributed by atoms with Crippen molar-refractivity contribution < 1.29 is 23.1 Å². The molecule has 1 aromatic heterocycles. The molecule has 0 saturated carbocycles. The molecule has 1 aromatic rings. The quantitative estimate of drug-likeness (QED) is 0.819. The van der Waals surface area contributed by atoms with E-state index in [4.69, 9.17) is 0 Å². The number of hydrogen-bond acceptors (Lipinski definition) is 2. The van der Waals surface area contributed by atoms with E-state index in [1.165, 1.54) is 6.08 Å². The summed E-state index contributed by atoms with van der Waals surface area (Å²) in [4.78, 5) is 23.4. The van der Waals surface area contributed by atoms with Gasteiger partial charge in [0, 0.05) is 12.3 Å². The highest BCUT2D eigenvalue weighted by molar-refractivity contribution is 5.72. The Morgan fingerprint density at radius 2 is 2.09 bits per heavy atom. The molecule has 1 rings (SSSR count). The lowest BCUT2D eigenvalue weighted by molar-refractivity contribution is -0.142. The van der Waals surface area contributed by atoms with Crippen LogP contribution in [-0.4, -0.2) is 15.6 Å². The third kappa shape index (κ3) is 3.78. The highest BCUT2D eigenvalue weighted by Gasteiger charge is 2.35. The van der Waals surface area contributed by atoms with Crippen LogP contribution in [0.5, 0.6) is 0 Å². The molecule has 1 N–H and O–H groups in total. The number of pyridine rings is 1. The summed E-state index contributed by atoms with van der Waals surface area (Å²) >= 11 is 0. The number of carbonyl (C=O) groups is 1. The zero-order valence-corrected chi connectivity index (χ0v) is 12.4. The second-order valence-electron chi connectivity index (χ2n) is 5.12. The van der Waals surface area contributed by atoms with Crippen molar-refractivity contribution in [1.29, 1.82) is 0 Å². The van der Waals surface area contributed by atoms with E-state index in [1.54, 1.807) is 13.8 Å². The predicted octanol–water partition coefficient (Wildman–Crippen LogP) is 3.27. The number of rotatable bonds is 6. The molecule has 0 aliphatic heterocycles. The number of allylic oxidation sites excluding steroid dienone is 1. The maximum Gasteiger partial charge on any atom is 0.416 e. The Hall–Kier alpha value is -2.05. The molecule has 0 amide bonds. The molecule has 22 heavy (non-hydrogen) atoms. The van der Waals surface area contributed by atoms with Gasteiger partial charge in [0.25, 0.3) is 5.56 Å². The molecule has 0 fully saturated rings. The van der Waals surface area contributed by atoms with E-state index in [-0.39, 0.29) is 12.0 Å². The third-order valence-corrected chi connectivity index (χ3v) is 3.57. The van der Waals surface area contributed by atoms with E-state index in [0.29, 0.717) is 12.5 Å². The summed E-state index contributed by atoms with van der Waals surface area (Å²) in [5.74, 6) is -1.65. The van der Waals surface area contributed by atoms with Crippen LogP contribution in [0.15, 0.2) is 29.7 Å². The predicted molar refractivity (Wildman–Crippen MR) is 75.7 cm³/mol. The summed E-state index contributed by atoms with van der Waals surface area (Å²) in [6.07, 6.45) is -2.05. The van der Waals surface area contributed by atoms with Crippen LogP contribution in [0.2, 0.25) is 0 Å². The first-order valence-corrected chi connectivity index (χ1v) is 6.79. The number of nitrogens with zero attached hydrogens (tertiary/aromatic N) is 1. The van der Waals surface area contributed by atoms with Crippen molar-refractivity contribution >= 4 is 5.97 Å². The Bertz CT molecular complexity index is 619. The largest absolute Gasteiger partial charge is 0.480 e. The van der Waals surface area contributed by atoms with Crippen LogP contribution in [0.25, 0.3) is 0 Å². The van der Waals surface area contributed by atoms with Crippen LogP contribution in [0.1, 0.15) is 37.4 Å². The van der Waals surface area contributed by atoms with E-state index in [9.17, 15) is 27.9 Å². The summed E-state index contributed by atoms with van der Waals surface area (Å²) in [6, 6.07) is -0.750. The van der Waals surface area contributed by atoms with Gasteiger partial charge >= 0.3 is 12.1 Å². The van der Waals surface area contributed by atoms with Crippen molar-refractivity contribution in [3.63, 3.8) is 0 Å². The fourth-order valence-electron chi connectivity index (χ4n) is 2.25. The molecule has 0 aliphatic rings. The number of hydrogen-bond donors (Lipinski definition) is 1. The Labute approximate surface area is 125 Å². The highest BCUT2D eigenvalue weighted by atomic mass is 19.4. The van der Waals surface area contributed by atoms with E-state index in [0.717, 1.165) is 10.8 Å². The van der Waals surface area contributed by atoms with Crippen LogP contribution < -0.4 is 5.56 Å². The Kier molecular flexibility index (Phi) is 5.57. The van der Waals surface area contributed by atoms with Gasteiger partial charge in [-0.3, -0.25) is 4.79 Å². The number of aliphatic carboxylic acids is 1. The minimum Gasteiger partial charge on any atom is -0.480 e. The smallest absolute Gasteiger partial charge is 0.416 e. The summed E-state index contributed by atoms with van der Waals surface area (Å²) in [5, 5.41) is 9.30. The van der Waals surface area contributed by atoms with Crippen LogP contribution in [0, 0.1) is 5.92 Å². The Morgan fingerprint density at radius 1 is 1.50 bits per heavy atom. The molecule has 122 valence electrons. The van der Waals surface area contributed by atoms with Gasteiger partial charge in [-0.15, -0.1) is 6.58 Å². The van der Waals surface area contributed by atoms with E-state index in [2.05, 4.69) is 6.58 Å². The van der Waals surface area contributed by atoms with E-state index < -0.39 is 35.2 Å². The summed E-state index contributed by atoms with van der Waals surface area (Å²) in [7, 11) is 0. The maximum absolute atomic E-state index is 13.0. The maximum atomic E-state index is 13.0. The molecule has 0 saturated heterocycles. The second kappa shape index (κ2) is 6.81. The molecule has 0 spiro atoms. The van der Waals surface area contributed by atoms with Crippen molar-refractivity contribution in [2.45, 2.75) is 38.9 Å². The van der Waals surface area contributed by atoms with E-state index >= 15 is 0 Å². The molecule has 0 aliphatic carbocycles. The van der Waals surface area contributed by atoms with Gasteiger partial charge in [-0.1, -0.05) is 26.3 Å². The highest BCUT2D eigenvalue weighted by Crippen LogP contribution is 2.32. The van der Waals surface area contributed by atoms with Gasteiger partial charge in [0.1, 0.15) is 6.04 Å². The minimum atomic E-state index is -4.67. The normalized spacial score (nSPS) is 14.4. The van der Waals surface area contributed by atoms with E-state index in [1.807, 2.05) is 0 Å². The van der Waals surface area contributed by atoms with Gasteiger partial charge < -0.3 is 9.67 Å². The van der Waals surface area contributed by atoms with Crippen molar-refractivity contribution in [2.24, 2.45) is 5.92 Å². The minimum absolute atomic E-state index is 0.109. The lowest BCUT2D eigenvalue weighted by Crippen LogP contribution is -2.34. The van der Waals surface area contributed by atoms with Gasteiger partial charge in [0.15, 0.2) is 0 Å². The standard InChI is InChI=1S/C15H18F3NO3/c1-4-6-10-8-19(13(14(21)22)9(3)5-2)12(20)7-11(10)15(16,17)18/h4,7-9,13H,1,5-6H2,2-3H3,(H,21,22)/t9-,13?/m1/s1. The third-order valence-electron chi connectivity index (χ3n) is 3.57. The first-order valence-electron chi connectivity index (χ1n) is 6.79. The number of carboxylic acids is 1. The van der Waals surface area contributed by atoms with Crippen molar-refractivity contribution in [2.75, 3.05) is 0 Å². The topological polar surface area (TPSA) is 59.3 Å². The Morgan fingerprint density at radius 3 is 2.50 bits per heavy atom. The zero-order valence-electron chi connectivity index (χ0n) is 12.4. The van der Waals surface area contributed by atoms with Crippen LogP contribution >= 0.6 is 0 Å². The van der Waals surface area contributed by atoms with Gasteiger partial charge in [-0.05, 0) is 17.9 Å². The molecule has 0 aromatic carbocycles. The second-order valence-corrected chi connectivity index (χ2v) is 5.12. The first kappa shape index (κ1) is 18.0. The van der Waals surface area contributed by atoms with Crippen molar-refractivity contribution in [3.05, 3.63) is 46.4 Å². The average Bonchev–Trinajstić information content (AvgIpc) is 2.40. The summed E-state index contributed by atoms with van der Waals surface area (Å²) in [6.45, 7) is 6.78. The van der Waals surface area contributed by atoms with Gasteiger partial charge in [0.2, 0.25) is 0 Å². The monoisotopic (exact) mass is 317 g/mol. The number of carboxylic acid groups (broad SMARTS) is 1. The van der Waals surface area contributed by atoms with Crippen LogP contribution in [0.3, 0.4) is 0 Å². The van der Waals surface area contributed by atoms with Crippen molar-refractivity contribution in [3.8, 4) is 0 Å². The summed E-state index contributed by atoms with van der Waals surface area (Å²) < 4.78 is 39.8. The fourth-order valence-corrected chi connectivity index (χ4v) is 2.25. The number of halogens is 3. The molecule has 0 bridgehead atoms. The average molecular weight is 317 g/mol. The van der Waals surface area contributed by atoms with Crippen LogP contribution in [0.4, 0.5) is 13.2 Å². The lowest BCUT2D eigenvalue weighted by Gasteiger charge is -2.23. The Balaban J connectivity index is 3.56. The fraction of sp³-hybridized carbons (Fsp3) is 0.467. The number of aromatic nitrogens is 1. The SMILES string of the molecule is C=CCc1cn(C(C(=O)O)[C@H](C)CC)c(=O)cc1C(F)(F)F. The molecule has 1 unspecified atom stereocenters. The molecule has 7 heteroatoms. The zero-order chi connectivity index (χ0) is 17.1. The molecular weight excluding hydrogens is 299 g/mol. The first-order chi connectivity index (χ1) is 10.1. The number of alkyl halides is 3. The van der Waals surface area contributed by atoms with Gasteiger partial charge in [-0.2, -0.15) is 13.2 Å². The molecular formula is C15H18F3NO3. The molecule has 0 radical (unpaired) electrons. The summed E-state index contributed by atoms with van der Waals surface area (Å²) in [5.41, 5.74) is -2.20. The van der Waals surface area contributed by atoms with Crippen molar-refractivity contribution in [1.82, 2.24) is 4.57 Å². The van der Waals surface area contributed by atoms with Gasteiger partial charge in [-0.25, -0.2) is 4.79 Å². The van der Waals surface area contributed by atoms with Gasteiger partial charge in [0.05, 0.1) is 5.56 Å². The molecule has 4 nitrogen and oxygen atoms in total. The molecule has 2 atom stereocenters.